The summed E-state index contributed by atoms with van der Waals surface area (Å²) in [5, 5.41) is 2.54. The molecule has 0 atom stereocenters. The van der Waals surface area contributed by atoms with Gasteiger partial charge in [-0.15, -0.1) is 11.3 Å². The zero-order valence-corrected chi connectivity index (χ0v) is 15.0. The molecule has 5 nitrogen and oxygen atoms in total. The third-order valence-corrected chi connectivity index (χ3v) is 4.56. The van der Waals surface area contributed by atoms with Gasteiger partial charge < -0.3 is 14.2 Å². The van der Waals surface area contributed by atoms with E-state index in [0.29, 0.717) is 22.8 Å². The molecule has 0 radical (unpaired) electrons. The molecule has 134 valence electrons. The van der Waals surface area contributed by atoms with Gasteiger partial charge in [-0.2, -0.15) is 0 Å². The average Bonchev–Trinajstić information content (AvgIpc) is 3.15. The first-order valence-corrected chi connectivity index (χ1v) is 8.58. The van der Waals surface area contributed by atoms with Crippen LogP contribution < -0.4 is 9.47 Å². The summed E-state index contributed by atoms with van der Waals surface area (Å²) in [6, 6.07) is 10.9. The Bertz CT molecular complexity index is 908. The van der Waals surface area contributed by atoms with Gasteiger partial charge in [-0.1, -0.05) is 0 Å². The molecule has 0 saturated carbocycles. The summed E-state index contributed by atoms with van der Waals surface area (Å²) in [7, 11) is 3.01. The number of aromatic nitrogens is 1. The minimum Gasteiger partial charge on any atom is -0.497 e. The fraction of sp³-hybridized carbons (Fsp3) is 0.158. The summed E-state index contributed by atoms with van der Waals surface area (Å²) in [5.74, 6) is 0.148. The van der Waals surface area contributed by atoms with E-state index in [-0.39, 0.29) is 12.4 Å². The summed E-state index contributed by atoms with van der Waals surface area (Å²) in [6.45, 7) is 0.0334. The largest absolute Gasteiger partial charge is 0.497 e. The lowest BCUT2D eigenvalue weighted by Gasteiger charge is -2.09. The van der Waals surface area contributed by atoms with E-state index >= 15 is 0 Å². The number of thiazole rings is 1. The molecule has 0 fully saturated rings. The third kappa shape index (κ3) is 4.00. The molecule has 3 aromatic rings. The molecule has 7 heteroatoms. The van der Waals surface area contributed by atoms with Crippen molar-refractivity contribution in [3.05, 3.63) is 64.9 Å². The number of halogens is 1. The number of nitrogens with zero attached hydrogens (tertiary/aromatic N) is 1. The van der Waals surface area contributed by atoms with E-state index in [9.17, 15) is 9.18 Å². The highest BCUT2D eigenvalue weighted by Crippen LogP contribution is 2.27. The first kappa shape index (κ1) is 17.9. The number of ether oxygens (including phenoxy) is 3. The number of rotatable bonds is 6. The number of benzene rings is 2. The summed E-state index contributed by atoms with van der Waals surface area (Å²) in [4.78, 5) is 16.7. The lowest BCUT2D eigenvalue weighted by atomic mass is 10.2. The van der Waals surface area contributed by atoms with Crippen molar-refractivity contribution in [2.45, 2.75) is 6.61 Å². The number of esters is 1. The summed E-state index contributed by atoms with van der Waals surface area (Å²) in [5.41, 5.74) is 1.74. The van der Waals surface area contributed by atoms with Crippen LogP contribution in [0.25, 0.3) is 10.6 Å². The molecule has 0 aliphatic rings. The Labute approximate surface area is 154 Å². The normalized spacial score (nSPS) is 10.4. The van der Waals surface area contributed by atoms with E-state index in [1.54, 1.807) is 35.7 Å². The predicted molar refractivity (Wildman–Crippen MR) is 96.2 cm³/mol. The van der Waals surface area contributed by atoms with Crippen molar-refractivity contribution >= 4 is 17.3 Å². The zero-order valence-electron chi connectivity index (χ0n) is 14.2. The second-order valence-corrected chi connectivity index (χ2v) is 6.15. The molecular weight excluding hydrogens is 357 g/mol. The molecule has 0 saturated heterocycles. The van der Waals surface area contributed by atoms with Gasteiger partial charge in [0, 0.05) is 17.0 Å². The molecule has 0 bridgehead atoms. The van der Waals surface area contributed by atoms with Crippen molar-refractivity contribution in [1.82, 2.24) is 4.98 Å². The van der Waals surface area contributed by atoms with Crippen molar-refractivity contribution in [1.29, 1.82) is 0 Å². The standard InChI is InChI=1S/C19H16FNO4S/c1-23-15-7-8-16(17(9-15)24-2)19(22)25-10-14-11-26-18(21-14)12-3-5-13(20)6-4-12/h3-9,11H,10H2,1-2H3. The second kappa shape index (κ2) is 7.97. The van der Waals surface area contributed by atoms with E-state index in [2.05, 4.69) is 4.98 Å². The van der Waals surface area contributed by atoms with Gasteiger partial charge in [0.05, 0.1) is 19.9 Å². The van der Waals surface area contributed by atoms with Crippen LogP contribution in [-0.2, 0) is 11.3 Å². The quantitative estimate of drug-likeness (QED) is 0.602. The molecule has 0 amide bonds. The van der Waals surface area contributed by atoms with Crippen LogP contribution in [0.5, 0.6) is 11.5 Å². The van der Waals surface area contributed by atoms with Gasteiger partial charge in [0.25, 0.3) is 0 Å². The molecule has 1 heterocycles. The van der Waals surface area contributed by atoms with E-state index in [4.69, 9.17) is 14.2 Å². The molecule has 2 aromatic carbocycles. The Kier molecular flexibility index (Phi) is 5.48. The third-order valence-electron chi connectivity index (χ3n) is 3.62. The Morgan fingerprint density at radius 2 is 1.88 bits per heavy atom. The summed E-state index contributed by atoms with van der Waals surface area (Å²) < 4.78 is 28.6. The summed E-state index contributed by atoms with van der Waals surface area (Å²) in [6.07, 6.45) is 0. The van der Waals surface area contributed by atoms with Gasteiger partial charge >= 0.3 is 5.97 Å². The number of hydrogen-bond acceptors (Lipinski definition) is 6. The van der Waals surface area contributed by atoms with E-state index in [1.165, 1.54) is 37.7 Å². The zero-order chi connectivity index (χ0) is 18.5. The van der Waals surface area contributed by atoms with Crippen molar-refractivity contribution in [2.24, 2.45) is 0 Å². The first-order valence-electron chi connectivity index (χ1n) is 7.70. The molecule has 0 unspecified atom stereocenters. The SMILES string of the molecule is COc1ccc(C(=O)OCc2csc(-c3ccc(F)cc3)n2)c(OC)c1. The Morgan fingerprint density at radius 1 is 1.12 bits per heavy atom. The monoisotopic (exact) mass is 373 g/mol. The smallest absolute Gasteiger partial charge is 0.342 e. The molecular formula is C19H16FNO4S. The maximum Gasteiger partial charge on any atom is 0.342 e. The number of carbonyl (C=O) groups excluding carboxylic acids is 1. The van der Waals surface area contributed by atoms with Crippen LogP contribution in [0.2, 0.25) is 0 Å². The number of carbonyl (C=O) groups is 1. The molecule has 0 N–H and O–H groups in total. The Morgan fingerprint density at radius 3 is 2.58 bits per heavy atom. The van der Waals surface area contributed by atoms with Crippen LogP contribution in [-0.4, -0.2) is 25.2 Å². The van der Waals surface area contributed by atoms with Crippen molar-refractivity contribution in [2.75, 3.05) is 14.2 Å². The highest BCUT2D eigenvalue weighted by molar-refractivity contribution is 7.13. The van der Waals surface area contributed by atoms with Gasteiger partial charge in [0.2, 0.25) is 0 Å². The lowest BCUT2D eigenvalue weighted by Crippen LogP contribution is -2.07. The minimum atomic E-state index is -0.513. The van der Waals surface area contributed by atoms with Gasteiger partial charge in [0.1, 0.15) is 34.5 Å². The maximum absolute atomic E-state index is 13.0. The van der Waals surface area contributed by atoms with Crippen molar-refractivity contribution in [3.63, 3.8) is 0 Å². The molecule has 0 aliphatic carbocycles. The highest BCUT2D eigenvalue weighted by atomic mass is 32.1. The second-order valence-electron chi connectivity index (χ2n) is 5.29. The molecule has 3 rings (SSSR count). The van der Waals surface area contributed by atoms with Crippen LogP contribution in [0, 0.1) is 5.82 Å². The van der Waals surface area contributed by atoms with E-state index in [0.717, 1.165) is 10.6 Å². The molecule has 0 spiro atoms. The van der Waals surface area contributed by atoms with Crippen molar-refractivity contribution < 1.29 is 23.4 Å². The number of hydrogen-bond donors (Lipinski definition) is 0. The van der Waals surface area contributed by atoms with Crippen LogP contribution in [0.15, 0.2) is 47.8 Å². The molecule has 1 aromatic heterocycles. The fourth-order valence-electron chi connectivity index (χ4n) is 2.28. The van der Waals surface area contributed by atoms with Crippen LogP contribution in [0.4, 0.5) is 4.39 Å². The first-order chi connectivity index (χ1) is 12.6. The van der Waals surface area contributed by atoms with Gasteiger partial charge in [-0.05, 0) is 36.4 Å². The van der Waals surface area contributed by atoms with Gasteiger partial charge in [0.15, 0.2) is 0 Å². The Hall–Kier alpha value is -2.93. The maximum atomic E-state index is 13.0. The van der Waals surface area contributed by atoms with E-state index in [1.807, 2.05) is 0 Å². The minimum absolute atomic E-state index is 0.0334. The van der Waals surface area contributed by atoms with E-state index < -0.39 is 5.97 Å². The summed E-state index contributed by atoms with van der Waals surface area (Å²) >= 11 is 1.40. The predicted octanol–water partition coefficient (Wildman–Crippen LogP) is 4.32. The van der Waals surface area contributed by atoms with Crippen LogP contribution in [0.3, 0.4) is 0 Å². The number of methoxy groups -OCH3 is 2. The van der Waals surface area contributed by atoms with Gasteiger partial charge in [-0.25, -0.2) is 14.2 Å². The average molecular weight is 373 g/mol. The lowest BCUT2D eigenvalue weighted by molar-refractivity contribution is 0.0465. The van der Waals surface area contributed by atoms with Gasteiger partial charge in [-0.3, -0.25) is 0 Å². The fourth-order valence-corrected chi connectivity index (χ4v) is 3.09. The molecule has 0 aliphatic heterocycles. The van der Waals surface area contributed by atoms with Crippen LogP contribution >= 0.6 is 11.3 Å². The topological polar surface area (TPSA) is 57.7 Å². The van der Waals surface area contributed by atoms with Crippen LogP contribution in [0.1, 0.15) is 16.1 Å². The highest BCUT2D eigenvalue weighted by Gasteiger charge is 2.16. The van der Waals surface area contributed by atoms with Crippen molar-refractivity contribution in [3.8, 4) is 22.1 Å². The Balaban J connectivity index is 1.68. The molecule has 26 heavy (non-hydrogen) atoms.